The molecule has 1 aliphatic rings. The van der Waals surface area contributed by atoms with Gasteiger partial charge in [0.1, 0.15) is 11.5 Å². The normalized spacial score (nSPS) is 17.4. The molecule has 3 aromatic rings. The van der Waals surface area contributed by atoms with E-state index in [0.717, 1.165) is 36.8 Å². The second kappa shape index (κ2) is 7.41. The van der Waals surface area contributed by atoms with Gasteiger partial charge in [-0.15, -0.1) is 11.3 Å². The summed E-state index contributed by atoms with van der Waals surface area (Å²) in [6.45, 7) is 4.25. The number of rotatable bonds is 4. The zero-order chi connectivity index (χ0) is 17.9. The maximum atomic E-state index is 12.7. The molecule has 0 aliphatic carbocycles. The summed E-state index contributed by atoms with van der Waals surface area (Å²) in [7, 11) is 0. The van der Waals surface area contributed by atoms with Crippen molar-refractivity contribution in [3.05, 3.63) is 70.2 Å². The fraction of sp³-hybridized carbons (Fsp3) is 0.350. The van der Waals surface area contributed by atoms with Crippen molar-refractivity contribution in [1.82, 2.24) is 19.4 Å². The van der Waals surface area contributed by atoms with Crippen LogP contribution in [0.15, 0.2) is 48.1 Å². The number of amides is 1. The lowest BCUT2D eigenvalue weighted by Gasteiger charge is -2.32. The van der Waals surface area contributed by atoms with Crippen molar-refractivity contribution in [2.24, 2.45) is 0 Å². The number of piperidine rings is 1. The van der Waals surface area contributed by atoms with E-state index in [1.807, 2.05) is 35.7 Å². The van der Waals surface area contributed by atoms with E-state index in [0.29, 0.717) is 12.2 Å². The molecule has 134 valence electrons. The third kappa shape index (κ3) is 3.55. The van der Waals surface area contributed by atoms with E-state index in [4.69, 9.17) is 0 Å². The van der Waals surface area contributed by atoms with Gasteiger partial charge in [-0.1, -0.05) is 30.3 Å². The van der Waals surface area contributed by atoms with Crippen LogP contribution in [0.25, 0.3) is 0 Å². The number of thiazole rings is 1. The minimum absolute atomic E-state index is 0.0419. The monoisotopic (exact) mass is 366 g/mol. The molecule has 1 aliphatic heterocycles. The molecule has 1 fully saturated rings. The minimum Gasteiger partial charge on any atom is -0.337 e. The van der Waals surface area contributed by atoms with E-state index in [1.165, 1.54) is 16.9 Å². The minimum atomic E-state index is 0.0419. The number of likely N-dealkylation sites (tertiary alicyclic amines) is 1. The van der Waals surface area contributed by atoms with E-state index >= 15 is 0 Å². The molecule has 0 saturated carbocycles. The lowest BCUT2D eigenvalue weighted by Crippen LogP contribution is -2.40. The van der Waals surface area contributed by atoms with E-state index in [1.54, 1.807) is 0 Å². The molecule has 4 rings (SSSR count). The van der Waals surface area contributed by atoms with Gasteiger partial charge in [-0.05, 0) is 25.3 Å². The van der Waals surface area contributed by atoms with Gasteiger partial charge in [0, 0.05) is 43.3 Å². The summed E-state index contributed by atoms with van der Waals surface area (Å²) in [4.78, 5) is 23.7. The first kappa shape index (κ1) is 17.0. The third-order valence-corrected chi connectivity index (χ3v) is 5.63. The van der Waals surface area contributed by atoms with Gasteiger partial charge < -0.3 is 9.47 Å². The summed E-state index contributed by atoms with van der Waals surface area (Å²) >= 11 is 1.52. The van der Waals surface area contributed by atoms with Crippen LogP contribution in [0.3, 0.4) is 0 Å². The highest BCUT2D eigenvalue weighted by Gasteiger charge is 2.28. The van der Waals surface area contributed by atoms with Gasteiger partial charge in [0.25, 0.3) is 5.91 Å². The van der Waals surface area contributed by atoms with Gasteiger partial charge >= 0.3 is 0 Å². The Labute approximate surface area is 157 Å². The average Bonchev–Trinajstić information content (AvgIpc) is 3.31. The Morgan fingerprint density at radius 3 is 2.92 bits per heavy atom. The number of hydrogen-bond acceptors (Lipinski definition) is 4. The van der Waals surface area contributed by atoms with Crippen LogP contribution in [0, 0.1) is 6.92 Å². The highest BCUT2D eigenvalue weighted by Crippen LogP contribution is 2.27. The number of nitrogens with zero attached hydrogens (tertiary/aromatic N) is 4. The standard InChI is InChI=1S/C20H22N4OS/c1-15-22-18(14-26-15)20(25)24-10-5-8-17(13-24)19-21-9-11-23(19)12-16-6-3-2-4-7-16/h2-4,6-7,9,11,14,17H,5,8,10,12-13H2,1H3/t17-/m0/s1. The fourth-order valence-corrected chi connectivity index (χ4v) is 4.18. The van der Waals surface area contributed by atoms with Crippen LogP contribution in [0.4, 0.5) is 0 Å². The van der Waals surface area contributed by atoms with E-state index in [-0.39, 0.29) is 11.8 Å². The Bertz CT molecular complexity index is 886. The Kier molecular flexibility index (Phi) is 4.84. The van der Waals surface area contributed by atoms with Crippen LogP contribution in [0.5, 0.6) is 0 Å². The first-order valence-electron chi connectivity index (χ1n) is 8.97. The number of aromatic nitrogens is 3. The molecular weight excluding hydrogens is 344 g/mol. The Balaban J connectivity index is 1.50. The van der Waals surface area contributed by atoms with Crippen molar-refractivity contribution >= 4 is 17.2 Å². The molecule has 0 radical (unpaired) electrons. The largest absolute Gasteiger partial charge is 0.337 e. The van der Waals surface area contributed by atoms with Gasteiger partial charge in [-0.2, -0.15) is 0 Å². The second-order valence-electron chi connectivity index (χ2n) is 6.74. The summed E-state index contributed by atoms with van der Waals surface area (Å²) in [5, 5.41) is 2.79. The first-order valence-corrected chi connectivity index (χ1v) is 9.85. The molecule has 0 N–H and O–H groups in total. The molecule has 1 saturated heterocycles. The predicted molar refractivity (Wildman–Crippen MR) is 103 cm³/mol. The van der Waals surface area contributed by atoms with Crippen LogP contribution in [0.2, 0.25) is 0 Å². The van der Waals surface area contributed by atoms with Gasteiger partial charge in [0.05, 0.1) is 5.01 Å². The molecule has 2 aromatic heterocycles. The van der Waals surface area contributed by atoms with Crippen LogP contribution >= 0.6 is 11.3 Å². The fourth-order valence-electron chi connectivity index (χ4n) is 3.59. The Hall–Kier alpha value is -2.47. The second-order valence-corrected chi connectivity index (χ2v) is 7.80. The van der Waals surface area contributed by atoms with Gasteiger partial charge in [0.2, 0.25) is 0 Å². The maximum absolute atomic E-state index is 12.7. The number of benzene rings is 1. The van der Waals surface area contributed by atoms with Crippen LogP contribution in [0.1, 0.15) is 45.6 Å². The van der Waals surface area contributed by atoms with Gasteiger partial charge in [-0.3, -0.25) is 4.79 Å². The zero-order valence-electron chi connectivity index (χ0n) is 14.8. The smallest absolute Gasteiger partial charge is 0.273 e. The van der Waals surface area contributed by atoms with Crippen molar-refractivity contribution < 1.29 is 4.79 Å². The molecule has 1 amide bonds. The lowest BCUT2D eigenvalue weighted by molar-refractivity contribution is 0.0698. The quantitative estimate of drug-likeness (QED) is 0.707. The van der Waals surface area contributed by atoms with Crippen LogP contribution < -0.4 is 0 Å². The molecule has 1 aromatic carbocycles. The van der Waals surface area contributed by atoms with E-state index in [2.05, 4.69) is 38.8 Å². The van der Waals surface area contributed by atoms with E-state index in [9.17, 15) is 4.79 Å². The number of aryl methyl sites for hydroxylation is 1. The third-order valence-electron chi connectivity index (χ3n) is 4.86. The Morgan fingerprint density at radius 2 is 2.15 bits per heavy atom. The maximum Gasteiger partial charge on any atom is 0.273 e. The number of carbonyl (C=O) groups excluding carboxylic acids is 1. The zero-order valence-corrected chi connectivity index (χ0v) is 15.7. The topological polar surface area (TPSA) is 51.0 Å². The average molecular weight is 366 g/mol. The highest BCUT2D eigenvalue weighted by molar-refractivity contribution is 7.09. The molecular formula is C20H22N4OS. The number of carbonyl (C=O) groups is 1. The SMILES string of the molecule is Cc1nc(C(=O)N2CCC[C@H](c3nccn3Cc3ccccc3)C2)cs1. The summed E-state index contributed by atoms with van der Waals surface area (Å²) < 4.78 is 2.21. The summed E-state index contributed by atoms with van der Waals surface area (Å²) in [5.41, 5.74) is 1.83. The summed E-state index contributed by atoms with van der Waals surface area (Å²) in [6.07, 6.45) is 5.96. The van der Waals surface area contributed by atoms with Crippen molar-refractivity contribution in [2.45, 2.75) is 32.2 Å². The molecule has 0 bridgehead atoms. The molecule has 6 heteroatoms. The summed E-state index contributed by atoms with van der Waals surface area (Å²) in [6, 6.07) is 10.4. The summed E-state index contributed by atoms with van der Waals surface area (Å²) in [5.74, 6) is 1.38. The molecule has 1 atom stereocenters. The van der Waals surface area contributed by atoms with Crippen LogP contribution in [-0.4, -0.2) is 38.4 Å². The van der Waals surface area contributed by atoms with E-state index < -0.39 is 0 Å². The molecule has 26 heavy (non-hydrogen) atoms. The molecule has 0 unspecified atom stereocenters. The van der Waals surface area contributed by atoms with Crippen molar-refractivity contribution in [2.75, 3.05) is 13.1 Å². The predicted octanol–water partition coefficient (Wildman–Crippen LogP) is 3.72. The lowest BCUT2D eigenvalue weighted by atomic mass is 9.96. The number of hydrogen-bond donors (Lipinski definition) is 0. The highest BCUT2D eigenvalue weighted by atomic mass is 32.1. The molecule has 0 spiro atoms. The number of imidazole rings is 1. The van der Waals surface area contributed by atoms with Crippen molar-refractivity contribution in [3.63, 3.8) is 0 Å². The first-order chi connectivity index (χ1) is 12.7. The van der Waals surface area contributed by atoms with Gasteiger partial charge in [-0.25, -0.2) is 9.97 Å². The van der Waals surface area contributed by atoms with Crippen molar-refractivity contribution in [3.8, 4) is 0 Å². The van der Waals surface area contributed by atoms with Crippen molar-refractivity contribution in [1.29, 1.82) is 0 Å². The molecule has 3 heterocycles. The van der Waals surface area contributed by atoms with Crippen LogP contribution in [-0.2, 0) is 6.54 Å². The van der Waals surface area contributed by atoms with Gasteiger partial charge in [0.15, 0.2) is 0 Å². The molecule has 5 nitrogen and oxygen atoms in total. The Morgan fingerprint density at radius 1 is 1.31 bits per heavy atom.